The maximum Gasteiger partial charge on any atom is 0.191 e. The smallest absolute Gasteiger partial charge is 0.191 e. The van der Waals surface area contributed by atoms with Gasteiger partial charge in [-0.15, -0.1) is 24.0 Å². The number of likely N-dealkylation sites (N-methyl/N-ethyl adjacent to an activating group) is 1. The number of guanidine groups is 1. The molecule has 8 heteroatoms. The van der Waals surface area contributed by atoms with Gasteiger partial charge in [-0.2, -0.15) is 0 Å². The first kappa shape index (κ1) is 27.0. The Morgan fingerprint density at radius 3 is 2.81 bits per heavy atom. The highest BCUT2D eigenvalue weighted by Crippen LogP contribution is 2.35. The lowest BCUT2D eigenvalue weighted by Crippen LogP contribution is -2.39. The monoisotopic (exact) mass is 559 g/mol. The van der Waals surface area contributed by atoms with Crippen molar-refractivity contribution in [1.82, 2.24) is 20.4 Å². The molecular weight excluding hydrogens is 517 g/mol. The van der Waals surface area contributed by atoms with Crippen molar-refractivity contribution in [2.24, 2.45) is 4.99 Å². The van der Waals surface area contributed by atoms with Crippen LogP contribution in [0.3, 0.4) is 0 Å². The van der Waals surface area contributed by atoms with Crippen LogP contribution in [0.5, 0.6) is 11.5 Å². The molecule has 2 N–H and O–H groups in total. The van der Waals surface area contributed by atoms with Gasteiger partial charge >= 0.3 is 0 Å². The summed E-state index contributed by atoms with van der Waals surface area (Å²) in [7, 11) is 2.22. The lowest BCUT2D eigenvalue weighted by molar-refractivity contribution is 0.254. The minimum Gasteiger partial charge on any atom is -0.494 e. The first-order chi connectivity index (χ1) is 15.1. The Hall–Kier alpha value is -1.26. The quantitative estimate of drug-likeness (QED) is 0.210. The van der Waals surface area contributed by atoms with Gasteiger partial charge in [-0.3, -0.25) is 0 Å². The van der Waals surface area contributed by atoms with E-state index in [0.29, 0.717) is 13.2 Å². The molecule has 3 rings (SSSR count). The zero-order valence-electron chi connectivity index (χ0n) is 20.3. The third kappa shape index (κ3) is 8.26. The zero-order valence-corrected chi connectivity index (χ0v) is 22.6. The van der Waals surface area contributed by atoms with Gasteiger partial charge in [0, 0.05) is 43.7 Å². The third-order valence-corrected chi connectivity index (χ3v) is 5.89. The summed E-state index contributed by atoms with van der Waals surface area (Å²) in [6.07, 6.45) is 3.55. The Bertz CT molecular complexity index is 731. The molecule has 0 aliphatic carbocycles. The second kappa shape index (κ2) is 14.1. The van der Waals surface area contributed by atoms with E-state index in [4.69, 9.17) is 14.5 Å². The first-order valence-corrected chi connectivity index (χ1v) is 12.0. The van der Waals surface area contributed by atoms with Crippen LogP contribution in [0.15, 0.2) is 17.1 Å². The van der Waals surface area contributed by atoms with Crippen molar-refractivity contribution >= 4 is 29.9 Å². The second-order valence-electron chi connectivity index (χ2n) is 8.61. The number of hydrogen-bond donors (Lipinski definition) is 2. The van der Waals surface area contributed by atoms with Gasteiger partial charge in [0.05, 0.1) is 13.2 Å². The molecule has 1 aromatic rings. The number of nitrogens with zero attached hydrogens (tertiary/aromatic N) is 3. The summed E-state index contributed by atoms with van der Waals surface area (Å²) in [6.45, 7) is 15.1. The van der Waals surface area contributed by atoms with E-state index in [9.17, 15) is 0 Å². The Morgan fingerprint density at radius 1 is 1.19 bits per heavy atom. The Kier molecular flexibility index (Phi) is 11.9. The van der Waals surface area contributed by atoms with Crippen molar-refractivity contribution in [2.45, 2.75) is 52.7 Å². The van der Waals surface area contributed by atoms with E-state index in [2.05, 4.69) is 53.5 Å². The van der Waals surface area contributed by atoms with Gasteiger partial charge in [-0.25, -0.2) is 4.99 Å². The van der Waals surface area contributed by atoms with Gasteiger partial charge in [0.1, 0.15) is 17.6 Å². The van der Waals surface area contributed by atoms with Crippen LogP contribution in [0, 0.1) is 0 Å². The molecule has 0 saturated carbocycles. The van der Waals surface area contributed by atoms with Crippen molar-refractivity contribution in [3.05, 3.63) is 23.3 Å². The molecule has 1 fully saturated rings. The molecular formula is C24H42IN5O2. The summed E-state index contributed by atoms with van der Waals surface area (Å²) < 4.78 is 11.8. The van der Waals surface area contributed by atoms with Crippen LogP contribution in [0.2, 0.25) is 0 Å². The van der Waals surface area contributed by atoms with Crippen LogP contribution in [0.4, 0.5) is 0 Å². The number of rotatable bonds is 9. The van der Waals surface area contributed by atoms with E-state index in [1.165, 1.54) is 38.2 Å². The summed E-state index contributed by atoms with van der Waals surface area (Å²) in [4.78, 5) is 9.82. The fraction of sp³-hybridized carbons (Fsp3) is 0.708. The lowest BCUT2D eigenvalue weighted by atomic mass is 10.1. The molecule has 182 valence electrons. The van der Waals surface area contributed by atoms with Crippen LogP contribution < -0.4 is 20.1 Å². The summed E-state index contributed by atoms with van der Waals surface area (Å²) >= 11 is 0. The number of fused-ring (bicyclic) bond motifs is 1. The largest absolute Gasteiger partial charge is 0.494 e. The van der Waals surface area contributed by atoms with Crippen LogP contribution in [0.1, 0.15) is 44.7 Å². The predicted octanol–water partition coefficient (Wildman–Crippen LogP) is 3.11. The van der Waals surface area contributed by atoms with E-state index in [0.717, 1.165) is 55.5 Å². The van der Waals surface area contributed by atoms with Crippen molar-refractivity contribution < 1.29 is 9.47 Å². The maximum absolute atomic E-state index is 5.94. The van der Waals surface area contributed by atoms with Crippen LogP contribution in [-0.4, -0.2) is 81.3 Å². The van der Waals surface area contributed by atoms with Gasteiger partial charge in [-0.1, -0.05) is 0 Å². The van der Waals surface area contributed by atoms with Crippen molar-refractivity contribution in [3.63, 3.8) is 0 Å². The molecule has 1 aromatic carbocycles. The van der Waals surface area contributed by atoms with Crippen LogP contribution >= 0.6 is 24.0 Å². The number of nitrogens with one attached hydrogen (secondary N) is 2. The molecule has 2 aliphatic rings. The number of benzene rings is 1. The molecule has 1 atom stereocenters. The fourth-order valence-electron chi connectivity index (χ4n) is 4.23. The molecule has 1 saturated heterocycles. The molecule has 2 aliphatic heterocycles. The highest BCUT2D eigenvalue weighted by Gasteiger charge is 2.21. The van der Waals surface area contributed by atoms with E-state index >= 15 is 0 Å². The number of halogens is 1. The molecule has 0 spiro atoms. The van der Waals surface area contributed by atoms with Gasteiger partial charge < -0.3 is 29.9 Å². The second-order valence-corrected chi connectivity index (χ2v) is 8.61. The number of aliphatic imine (C=N–C) groups is 1. The van der Waals surface area contributed by atoms with Crippen LogP contribution in [0.25, 0.3) is 0 Å². The highest BCUT2D eigenvalue weighted by atomic mass is 127. The minimum atomic E-state index is 0. The van der Waals surface area contributed by atoms with Gasteiger partial charge in [0.25, 0.3) is 0 Å². The Morgan fingerprint density at radius 2 is 2.03 bits per heavy atom. The Labute approximate surface area is 211 Å². The van der Waals surface area contributed by atoms with E-state index in [1.54, 1.807) is 0 Å². The molecule has 0 amide bonds. The van der Waals surface area contributed by atoms with Gasteiger partial charge in [-0.05, 0) is 72.4 Å². The average molecular weight is 560 g/mol. The van der Waals surface area contributed by atoms with Crippen molar-refractivity contribution in [1.29, 1.82) is 0 Å². The van der Waals surface area contributed by atoms with E-state index in [-0.39, 0.29) is 30.1 Å². The third-order valence-electron chi connectivity index (χ3n) is 5.89. The topological polar surface area (TPSA) is 61.4 Å². The molecule has 0 bridgehead atoms. The highest BCUT2D eigenvalue weighted by molar-refractivity contribution is 14.0. The minimum absolute atomic E-state index is 0. The predicted molar refractivity (Wildman–Crippen MR) is 143 cm³/mol. The van der Waals surface area contributed by atoms with Crippen molar-refractivity contribution in [3.8, 4) is 11.5 Å². The summed E-state index contributed by atoms with van der Waals surface area (Å²) in [6, 6.07) is 4.24. The number of hydrogen-bond acceptors (Lipinski definition) is 5. The summed E-state index contributed by atoms with van der Waals surface area (Å²) in [5, 5.41) is 6.86. The molecule has 7 nitrogen and oxygen atoms in total. The first-order valence-electron chi connectivity index (χ1n) is 12.0. The zero-order chi connectivity index (χ0) is 22.1. The molecule has 32 heavy (non-hydrogen) atoms. The SMILES string of the molecule is CCNC(=NCc1cc2c(cc1OCC)CC(C)O2)NCCCN1CCCN(C)CC1.I. The number of ether oxygens (including phenoxy) is 2. The Balaban J connectivity index is 0.00000363. The fourth-order valence-corrected chi connectivity index (χ4v) is 4.23. The van der Waals surface area contributed by atoms with Gasteiger partial charge in [0.2, 0.25) is 0 Å². The summed E-state index contributed by atoms with van der Waals surface area (Å²) in [5.74, 6) is 2.75. The summed E-state index contributed by atoms with van der Waals surface area (Å²) in [5.41, 5.74) is 2.30. The molecule has 0 aromatic heterocycles. The van der Waals surface area contributed by atoms with Crippen LogP contribution in [-0.2, 0) is 13.0 Å². The molecule has 0 radical (unpaired) electrons. The standard InChI is InChI=1S/C24H41N5O2.HI/c1-5-25-24(26-9-7-11-29-12-8-10-28(4)13-14-29)27-18-21-17-23-20(15-19(3)31-23)16-22(21)30-6-2;/h16-17,19H,5-15,18H2,1-4H3,(H2,25,26,27);1H. The lowest BCUT2D eigenvalue weighted by Gasteiger charge is -2.20. The van der Waals surface area contributed by atoms with E-state index < -0.39 is 0 Å². The van der Waals surface area contributed by atoms with Gasteiger partial charge in [0.15, 0.2) is 5.96 Å². The van der Waals surface area contributed by atoms with E-state index in [1.807, 2.05) is 6.92 Å². The maximum atomic E-state index is 5.94. The normalized spacial score (nSPS) is 19.5. The molecule has 1 unspecified atom stereocenters. The van der Waals surface area contributed by atoms with Crippen molar-refractivity contribution in [2.75, 3.05) is 59.5 Å². The molecule has 2 heterocycles. The average Bonchev–Trinajstić information content (AvgIpc) is 2.97.